The standard InChI is InChI=1S/C17H13ClFNO3S/c18-13-2-1-3-16(17(13)19)24(21,22)10-4-5-11-12-6-7-20-9-15(12)23-14(11)8-10/h1-5,8,20H,6-7,9H2. The van der Waals surface area contributed by atoms with E-state index in [9.17, 15) is 12.8 Å². The van der Waals surface area contributed by atoms with E-state index in [-0.39, 0.29) is 9.92 Å². The predicted octanol–water partition coefficient (Wildman–Crippen LogP) is 3.70. The number of halogens is 2. The van der Waals surface area contributed by atoms with Gasteiger partial charge in [-0.25, -0.2) is 12.8 Å². The van der Waals surface area contributed by atoms with Gasteiger partial charge in [0.15, 0.2) is 5.82 Å². The van der Waals surface area contributed by atoms with Gasteiger partial charge in [-0.05, 0) is 37.2 Å². The van der Waals surface area contributed by atoms with Gasteiger partial charge in [0.1, 0.15) is 16.2 Å². The van der Waals surface area contributed by atoms with Crippen molar-refractivity contribution in [3.05, 3.63) is 58.6 Å². The number of nitrogens with one attached hydrogen (secondary N) is 1. The first-order valence-corrected chi connectivity index (χ1v) is 9.29. The maximum absolute atomic E-state index is 14.1. The summed E-state index contributed by atoms with van der Waals surface area (Å²) in [6.45, 7) is 1.48. The molecular formula is C17H13ClFNO3S. The molecule has 24 heavy (non-hydrogen) atoms. The van der Waals surface area contributed by atoms with Crippen LogP contribution in [0.4, 0.5) is 4.39 Å². The van der Waals surface area contributed by atoms with Crippen LogP contribution in [-0.4, -0.2) is 15.0 Å². The van der Waals surface area contributed by atoms with Gasteiger partial charge in [0.05, 0.1) is 16.5 Å². The van der Waals surface area contributed by atoms with Gasteiger partial charge in [-0.2, -0.15) is 0 Å². The third-order valence-corrected chi connectivity index (χ3v) is 6.26. The number of hydrogen-bond acceptors (Lipinski definition) is 4. The highest BCUT2D eigenvalue weighted by molar-refractivity contribution is 7.91. The number of benzene rings is 2. The second-order valence-corrected chi connectivity index (χ2v) is 7.97. The van der Waals surface area contributed by atoms with Gasteiger partial charge < -0.3 is 9.73 Å². The zero-order chi connectivity index (χ0) is 16.9. The molecule has 0 saturated heterocycles. The van der Waals surface area contributed by atoms with Gasteiger partial charge in [-0.3, -0.25) is 0 Å². The van der Waals surface area contributed by atoms with E-state index in [1.807, 2.05) is 0 Å². The molecule has 1 N–H and O–H groups in total. The topological polar surface area (TPSA) is 59.3 Å². The van der Waals surface area contributed by atoms with Crippen molar-refractivity contribution in [3.8, 4) is 0 Å². The Bertz CT molecular complexity index is 1060. The zero-order valence-corrected chi connectivity index (χ0v) is 14.0. The largest absolute Gasteiger partial charge is 0.459 e. The molecule has 7 heteroatoms. The molecule has 1 aliphatic heterocycles. The number of hydrogen-bond donors (Lipinski definition) is 1. The number of sulfone groups is 1. The van der Waals surface area contributed by atoms with Crippen LogP contribution in [0, 0.1) is 5.82 Å². The summed E-state index contributed by atoms with van der Waals surface area (Å²) in [5.41, 5.74) is 1.59. The normalized spacial score (nSPS) is 14.8. The van der Waals surface area contributed by atoms with Crippen LogP contribution in [0.3, 0.4) is 0 Å². The van der Waals surface area contributed by atoms with Crippen molar-refractivity contribution < 1.29 is 17.2 Å². The Morgan fingerprint density at radius 3 is 2.88 bits per heavy atom. The lowest BCUT2D eigenvalue weighted by atomic mass is 10.1. The van der Waals surface area contributed by atoms with E-state index in [2.05, 4.69) is 5.32 Å². The van der Waals surface area contributed by atoms with Crippen LogP contribution in [0.25, 0.3) is 11.0 Å². The lowest BCUT2D eigenvalue weighted by Crippen LogP contribution is -2.22. The summed E-state index contributed by atoms with van der Waals surface area (Å²) in [7, 11) is -4.02. The van der Waals surface area contributed by atoms with E-state index in [0.717, 1.165) is 29.7 Å². The van der Waals surface area contributed by atoms with E-state index in [4.69, 9.17) is 16.0 Å². The highest BCUT2D eigenvalue weighted by atomic mass is 35.5. The van der Waals surface area contributed by atoms with E-state index < -0.39 is 20.5 Å². The lowest BCUT2D eigenvalue weighted by molar-refractivity contribution is 0.487. The first kappa shape index (κ1) is 15.6. The molecule has 0 saturated carbocycles. The molecule has 0 bridgehead atoms. The molecule has 4 rings (SSSR count). The van der Waals surface area contributed by atoms with Crippen molar-refractivity contribution >= 4 is 32.4 Å². The molecule has 0 radical (unpaired) electrons. The molecule has 3 aromatic rings. The highest BCUT2D eigenvalue weighted by Crippen LogP contribution is 2.33. The molecule has 2 heterocycles. The van der Waals surface area contributed by atoms with Crippen LogP contribution in [0.15, 0.2) is 50.6 Å². The molecule has 0 spiro atoms. The average molecular weight is 366 g/mol. The summed E-state index contributed by atoms with van der Waals surface area (Å²) in [4.78, 5) is -0.456. The lowest BCUT2D eigenvalue weighted by Gasteiger charge is -2.10. The van der Waals surface area contributed by atoms with Crippen molar-refractivity contribution in [2.24, 2.45) is 0 Å². The van der Waals surface area contributed by atoms with E-state index in [0.29, 0.717) is 12.1 Å². The van der Waals surface area contributed by atoms with Gasteiger partial charge >= 0.3 is 0 Å². The molecule has 2 aromatic carbocycles. The molecule has 0 atom stereocenters. The third-order valence-electron chi connectivity index (χ3n) is 4.20. The molecule has 0 aliphatic carbocycles. The van der Waals surface area contributed by atoms with Gasteiger partial charge in [0, 0.05) is 17.0 Å². The highest BCUT2D eigenvalue weighted by Gasteiger charge is 2.25. The fraction of sp³-hybridized carbons (Fsp3) is 0.176. The van der Waals surface area contributed by atoms with Crippen molar-refractivity contribution in [3.63, 3.8) is 0 Å². The van der Waals surface area contributed by atoms with Gasteiger partial charge in [0.2, 0.25) is 9.84 Å². The molecule has 0 fully saturated rings. The predicted molar refractivity (Wildman–Crippen MR) is 88.5 cm³/mol. The SMILES string of the molecule is O=S(=O)(c1ccc2c3c(oc2c1)CNCC3)c1cccc(Cl)c1F. The maximum atomic E-state index is 14.1. The third kappa shape index (κ3) is 2.33. The monoisotopic (exact) mass is 365 g/mol. The van der Waals surface area contributed by atoms with E-state index >= 15 is 0 Å². The molecule has 1 aliphatic rings. The fourth-order valence-corrected chi connectivity index (χ4v) is 4.60. The van der Waals surface area contributed by atoms with Crippen molar-refractivity contribution in [2.75, 3.05) is 6.54 Å². The average Bonchev–Trinajstić information content (AvgIpc) is 2.95. The van der Waals surface area contributed by atoms with Gasteiger partial charge in [0.25, 0.3) is 0 Å². The van der Waals surface area contributed by atoms with Gasteiger partial charge in [-0.1, -0.05) is 17.7 Å². The van der Waals surface area contributed by atoms with Crippen LogP contribution < -0.4 is 5.32 Å². The first-order valence-electron chi connectivity index (χ1n) is 7.42. The van der Waals surface area contributed by atoms with Crippen LogP contribution in [0.5, 0.6) is 0 Å². The molecule has 0 amide bonds. The summed E-state index contributed by atoms with van der Waals surface area (Å²) in [6.07, 6.45) is 0.831. The Kier molecular flexibility index (Phi) is 3.63. The van der Waals surface area contributed by atoms with Gasteiger partial charge in [-0.15, -0.1) is 0 Å². The summed E-state index contributed by atoms with van der Waals surface area (Å²) in [5, 5.41) is 3.88. The Balaban J connectivity index is 1.88. The number of fused-ring (bicyclic) bond motifs is 3. The molecule has 0 unspecified atom stereocenters. The fourth-order valence-electron chi connectivity index (χ4n) is 3.00. The zero-order valence-electron chi connectivity index (χ0n) is 12.5. The molecule has 4 nitrogen and oxygen atoms in total. The quantitative estimate of drug-likeness (QED) is 0.752. The summed E-state index contributed by atoms with van der Waals surface area (Å²) < 4.78 is 45.4. The second-order valence-electron chi connectivity index (χ2n) is 5.64. The minimum atomic E-state index is -4.02. The van der Waals surface area contributed by atoms with Crippen molar-refractivity contribution in [1.29, 1.82) is 0 Å². The maximum Gasteiger partial charge on any atom is 0.209 e. The number of furan rings is 1. The van der Waals surface area contributed by atoms with Crippen molar-refractivity contribution in [1.82, 2.24) is 5.32 Å². The summed E-state index contributed by atoms with van der Waals surface area (Å²) in [6, 6.07) is 8.58. The number of rotatable bonds is 2. The Morgan fingerprint density at radius 2 is 2.04 bits per heavy atom. The van der Waals surface area contributed by atoms with Crippen LogP contribution in [-0.2, 0) is 22.8 Å². The molecule has 124 valence electrons. The van der Waals surface area contributed by atoms with Crippen LogP contribution in [0.2, 0.25) is 5.02 Å². The first-order chi connectivity index (χ1) is 11.5. The van der Waals surface area contributed by atoms with E-state index in [1.165, 1.54) is 30.3 Å². The molecule has 1 aromatic heterocycles. The second kappa shape index (κ2) is 5.58. The van der Waals surface area contributed by atoms with Crippen LogP contribution >= 0.6 is 11.6 Å². The summed E-state index contributed by atoms with van der Waals surface area (Å²) in [5.74, 6) is -0.123. The minimum Gasteiger partial charge on any atom is -0.459 e. The van der Waals surface area contributed by atoms with E-state index in [1.54, 1.807) is 6.07 Å². The van der Waals surface area contributed by atoms with Crippen molar-refractivity contribution in [2.45, 2.75) is 22.8 Å². The Hall–Kier alpha value is -1.89. The Morgan fingerprint density at radius 1 is 1.21 bits per heavy atom. The Labute approximate surface area is 143 Å². The summed E-state index contributed by atoms with van der Waals surface area (Å²) >= 11 is 5.71. The van der Waals surface area contributed by atoms with Crippen LogP contribution in [0.1, 0.15) is 11.3 Å². The smallest absolute Gasteiger partial charge is 0.209 e. The molecular weight excluding hydrogens is 353 g/mol. The minimum absolute atomic E-state index is 0.0183.